The van der Waals surface area contributed by atoms with Crippen LogP contribution < -0.4 is 0 Å². The van der Waals surface area contributed by atoms with Crippen LogP contribution in [0.15, 0.2) is 48.5 Å². The van der Waals surface area contributed by atoms with Gasteiger partial charge >= 0.3 is 0 Å². The van der Waals surface area contributed by atoms with Gasteiger partial charge in [-0.3, -0.25) is 0 Å². The van der Waals surface area contributed by atoms with E-state index in [0.717, 1.165) is 11.1 Å². The molecule has 0 amide bonds. The quantitative estimate of drug-likeness (QED) is 0.821. The molecule has 2 rings (SSSR count). The molecule has 2 heteroatoms. The fourth-order valence-electron chi connectivity index (χ4n) is 2.46. The van der Waals surface area contributed by atoms with E-state index in [4.69, 9.17) is 5.26 Å². The molecule has 0 aliphatic carbocycles. The molecule has 0 aliphatic rings. The van der Waals surface area contributed by atoms with E-state index < -0.39 is 0 Å². The summed E-state index contributed by atoms with van der Waals surface area (Å²) in [7, 11) is 0. The van der Waals surface area contributed by atoms with Crippen molar-refractivity contribution in [3.63, 3.8) is 0 Å². The van der Waals surface area contributed by atoms with Crippen LogP contribution in [0.1, 0.15) is 48.9 Å². The van der Waals surface area contributed by atoms with Gasteiger partial charge in [0.05, 0.1) is 23.6 Å². The van der Waals surface area contributed by atoms with Gasteiger partial charge in [0.1, 0.15) is 0 Å². The van der Waals surface area contributed by atoms with Crippen LogP contribution >= 0.6 is 0 Å². The Morgan fingerprint density at radius 3 is 2.23 bits per heavy atom. The van der Waals surface area contributed by atoms with Crippen LogP contribution in [-0.4, -0.2) is 0 Å². The first-order valence-corrected chi connectivity index (χ1v) is 7.43. The van der Waals surface area contributed by atoms with E-state index >= 15 is 0 Å². The monoisotopic (exact) mass is 288 g/mol. The van der Waals surface area contributed by atoms with Gasteiger partial charge in [0.2, 0.25) is 0 Å². The lowest BCUT2D eigenvalue weighted by Crippen LogP contribution is -2.11. The third-order valence-electron chi connectivity index (χ3n) is 3.83. The van der Waals surface area contributed by atoms with Crippen molar-refractivity contribution in [2.45, 2.75) is 38.5 Å². The summed E-state index contributed by atoms with van der Waals surface area (Å²) in [6, 6.07) is 20.3. The fraction of sp³-hybridized carbons (Fsp3) is 0.300. The van der Waals surface area contributed by atoms with Gasteiger partial charge in [0.25, 0.3) is 0 Å². The fourth-order valence-corrected chi connectivity index (χ4v) is 2.46. The molecule has 0 saturated carbocycles. The summed E-state index contributed by atoms with van der Waals surface area (Å²) < 4.78 is 0. The summed E-state index contributed by atoms with van der Waals surface area (Å²) in [5.74, 6) is -0.192. The van der Waals surface area contributed by atoms with E-state index in [1.807, 2.05) is 30.3 Å². The van der Waals surface area contributed by atoms with Crippen LogP contribution in [-0.2, 0) is 11.8 Å². The van der Waals surface area contributed by atoms with Gasteiger partial charge in [-0.2, -0.15) is 10.5 Å². The first-order valence-electron chi connectivity index (χ1n) is 7.43. The van der Waals surface area contributed by atoms with E-state index in [1.165, 1.54) is 5.56 Å². The Balaban J connectivity index is 2.22. The molecule has 0 radical (unpaired) electrons. The molecular weight excluding hydrogens is 268 g/mol. The van der Waals surface area contributed by atoms with E-state index in [9.17, 15) is 5.26 Å². The predicted octanol–water partition coefficient (Wildman–Crippen LogP) is 4.71. The van der Waals surface area contributed by atoms with Crippen LogP contribution in [0.4, 0.5) is 0 Å². The molecule has 0 saturated heterocycles. The van der Waals surface area contributed by atoms with Gasteiger partial charge in [-0.15, -0.1) is 0 Å². The normalized spacial score (nSPS) is 12.2. The van der Waals surface area contributed by atoms with Crippen molar-refractivity contribution < 1.29 is 0 Å². The minimum atomic E-state index is -0.192. The molecule has 1 unspecified atom stereocenters. The zero-order valence-corrected chi connectivity index (χ0v) is 13.3. The first kappa shape index (κ1) is 15.8. The van der Waals surface area contributed by atoms with Crippen molar-refractivity contribution in [2.75, 3.05) is 0 Å². The van der Waals surface area contributed by atoms with Crippen molar-refractivity contribution in [1.82, 2.24) is 0 Å². The van der Waals surface area contributed by atoms with Gasteiger partial charge in [-0.1, -0.05) is 57.2 Å². The summed E-state index contributed by atoms with van der Waals surface area (Å²) >= 11 is 0. The van der Waals surface area contributed by atoms with Crippen molar-refractivity contribution >= 4 is 0 Å². The minimum absolute atomic E-state index is 0.113. The Kier molecular flexibility index (Phi) is 4.64. The number of hydrogen-bond acceptors (Lipinski definition) is 2. The molecule has 110 valence electrons. The zero-order valence-electron chi connectivity index (χ0n) is 13.3. The molecule has 1 atom stereocenters. The van der Waals surface area contributed by atoms with Crippen LogP contribution in [0.2, 0.25) is 0 Å². The number of hydrogen-bond donors (Lipinski definition) is 0. The smallest absolute Gasteiger partial charge is 0.0991 e. The Labute approximate surface area is 132 Å². The Morgan fingerprint density at radius 1 is 1.00 bits per heavy atom. The lowest BCUT2D eigenvalue weighted by molar-refractivity contribution is 0.589. The summed E-state index contributed by atoms with van der Waals surface area (Å²) in [6.45, 7) is 6.53. The minimum Gasteiger partial charge on any atom is -0.198 e. The Morgan fingerprint density at radius 2 is 1.68 bits per heavy atom. The van der Waals surface area contributed by atoms with Gasteiger partial charge in [0, 0.05) is 0 Å². The summed E-state index contributed by atoms with van der Waals surface area (Å²) in [5.41, 5.74) is 4.06. The number of rotatable bonds is 3. The summed E-state index contributed by atoms with van der Waals surface area (Å²) in [4.78, 5) is 0. The largest absolute Gasteiger partial charge is 0.198 e. The molecule has 22 heavy (non-hydrogen) atoms. The molecule has 2 aromatic rings. The lowest BCUT2D eigenvalue weighted by atomic mass is 9.85. The number of benzene rings is 2. The average molecular weight is 288 g/mol. The second-order valence-corrected chi connectivity index (χ2v) is 6.57. The molecule has 0 heterocycles. The SMILES string of the molecule is CC(C)(C)c1ccc(C(C#N)Cc2cccc(C#N)c2)cc1. The maximum atomic E-state index is 9.48. The molecule has 0 spiro atoms. The summed E-state index contributed by atoms with van der Waals surface area (Å²) in [5, 5.41) is 18.4. The highest BCUT2D eigenvalue weighted by Gasteiger charge is 2.16. The van der Waals surface area contributed by atoms with E-state index in [1.54, 1.807) is 6.07 Å². The molecular formula is C20H20N2. The number of nitriles is 2. The van der Waals surface area contributed by atoms with Crippen molar-refractivity contribution in [1.29, 1.82) is 10.5 Å². The van der Waals surface area contributed by atoms with Gasteiger partial charge in [-0.05, 0) is 40.7 Å². The first-order chi connectivity index (χ1) is 10.4. The van der Waals surface area contributed by atoms with Gasteiger partial charge in [-0.25, -0.2) is 0 Å². The highest BCUT2D eigenvalue weighted by molar-refractivity contribution is 5.37. The average Bonchev–Trinajstić information content (AvgIpc) is 2.52. The van der Waals surface area contributed by atoms with E-state index in [2.05, 4.69) is 45.0 Å². The highest BCUT2D eigenvalue weighted by atomic mass is 14.3. The molecule has 0 aromatic heterocycles. The van der Waals surface area contributed by atoms with Crippen LogP contribution in [0.5, 0.6) is 0 Å². The molecule has 0 fully saturated rings. The maximum absolute atomic E-state index is 9.48. The maximum Gasteiger partial charge on any atom is 0.0991 e. The standard InChI is InChI=1S/C20H20N2/c1-20(2,3)19-9-7-17(8-10-19)18(14-22)12-15-5-4-6-16(11-15)13-21/h4-11,18H,12H2,1-3H3. The van der Waals surface area contributed by atoms with Crippen LogP contribution in [0, 0.1) is 22.7 Å². The predicted molar refractivity (Wildman–Crippen MR) is 88.4 cm³/mol. The van der Waals surface area contributed by atoms with Crippen LogP contribution in [0.25, 0.3) is 0 Å². The van der Waals surface area contributed by atoms with Gasteiger partial charge < -0.3 is 0 Å². The molecule has 0 aliphatic heterocycles. The molecule has 0 N–H and O–H groups in total. The van der Waals surface area contributed by atoms with Crippen molar-refractivity contribution in [3.8, 4) is 12.1 Å². The van der Waals surface area contributed by atoms with E-state index in [0.29, 0.717) is 12.0 Å². The lowest BCUT2D eigenvalue weighted by Gasteiger charge is -2.20. The summed E-state index contributed by atoms with van der Waals surface area (Å²) in [6.07, 6.45) is 0.626. The third kappa shape index (κ3) is 3.74. The van der Waals surface area contributed by atoms with Crippen LogP contribution in [0.3, 0.4) is 0 Å². The number of nitrogens with zero attached hydrogens (tertiary/aromatic N) is 2. The highest BCUT2D eigenvalue weighted by Crippen LogP contribution is 2.26. The Bertz CT molecular complexity index is 722. The van der Waals surface area contributed by atoms with E-state index in [-0.39, 0.29) is 11.3 Å². The van der Waals surface area contributed by atoms with Gasteiger partial charge in [0.15, 0.2) is 0 Å². The molecule has 0 bridgehead atoms. The molecule has 2 nitrogen and oxygen atoms in total. The second kappa shape index (κ2) is 6.46. The van der Waals surface area contributed by atoms with Crippen molar-refractivity contribution in [2.24, 2.45) is 0 Å². The second-order valence-electron chi connectivity index (χ2n) is 6.57. The topological polar surface area (TPSA) is 47.6 Å². The molecule has 2 aromatic carbocycles. The Hall–Kier alpha value is -2.58. The zero-order chi connectivity index (χ0) is 16.2. The third-order valence-corrected chi connectivity index (χ3v) is 3.83. The van der Waals surface area contributed by atoms with Crippen molar-refractivity contribution in [3.05, 3.63) is 70.8 Å².